The van der Waals surface area contributed by atoms with Gasteiger partial charge >= 0.3 is 5.97 Å². The van der Waals surface area contributed by atoms with Gasteiger partial charge in [-0.3, -0.25) is 9.48 Å². The lowest BCUT2D eigenvalue weighted by Gasteiger charge is -2.08. The smallest absolute Gasteiger partial charge is 0.337 e. The zero-order valence-corrected chi connectivity index (χ0v) is 12.2. The number of aromatic nitrogens is 2. The first-order chi connectivity index (χ1) is 9.99. The van der Waals surface area contributed by atoms with Gasteiger partial charge in [-0.1, -0.05) is 6.07 Å². The molecule has 1 N–H and O–H groups in total. The molecule has 1 aromatic carbocycles. The Morgan fingerprint density at radius 3 is 2.67 bits per heavy atom. The van der Waals surface area contributed by atoms with Crippen LogP contribution < -0.4 is 5.32 Å². The van der Waals surface area contributed by atoms with E-state index in [1.165, 1.54) is 7.11 Å². The van der Waals surface area contributed by atoms with E-state index in [9.17, 15) is 9.59 Å². The van der Waals surface area contributed by atoms with Gasteiger partial charge < -0.3 is 10.1 Å². The van der Waals surface area contributed by atoms with Gasteiger partial charge in [0.05, 0.1) is 18.4 Å². The summed E-state index contributed by atoms with van der Waals surface area (Å²) in [6.45, 7) is 3.90. The number of benzene rings is 1. The van der Waals surface area contributed by atoms with Crippen LogP contribution in [0, 0.1) is 13.8 Å². The average Bonchev–Trinajstić information content (AvgIpc) is 2.76. The monoisotopic (exact) mass is 287 g/mol. The summed E-state index contributed by atoms with van der Waals surface area (Å²) in [6.07, 6.45) is 0. The Morgan fingerprint density at radius 2 is 2.05 bits per heavy atom. The average molecular weight is 287 g/mol. The molecule has 2 aromatic rings. The molecule has 1 heterocycles. The minimum atomic E-state index is -0.440. The van der Waals surface area contributed by atoms with Crippen molar-refractivity contribution in [3.8, 4) is 0 Å². The Kier molecular flexibility index (Phi) is 4.37. The van der Waals surface area contributed by atoms with Crippen LogP contribution in [0.5, 0.6) is 0 Å². The van der Waals surface area contributed by atoms with Crippen molar-refractivity contribution in [2.75, 3.05) is 12.4 Å². The molecular formula is C15H17N3O3. The van der Waals surface area contributed by atoms with Crippen LogP contribution in [0.1, 0.15) is 21.7 Å². The third kappa shape index (κ3) is 3.68. The van der Waals surface area contributed by atoms with E-state index >= 15 is 0 Å². The molecule has 110 valence electrons. The summed E-state index contributed by atoms with van der Waals surface area (Å²) in [6, 6.07) is 8.51. The van der Waals surface area contributed by atoms with Gasteiger partial charge in [0.1, 0.15) is 6.54 Å². The van der Waals surface area contributed by atoms with E-state index in [-0.39, 0.29) is 12.5 Å². The number of methoxy groups -OCH3 is 1. The Morgan fingerprint density at radius 1 is 1.29 bits per heavy atom. The van der Waals surface area contributed by atoms with E-state index in [1.54, 1.807) is 28.9 Å². The number of carbonyl (C=O) groups excluding carboxylic acids is 2. The van der Waals surface area contributed by atoms with Crippen LogP contribution in [-0.4, -0.2) is 28.8 Å². The lowest BCUT2D eigenvalue weighted by Crippen LogP contribution is -2.20. The molecule has 0 radical (unpaired) electrons. The number of esters is 1. The van der Waals surface area contributed by atoms with Crippen molar-refractivity contribution >= 4 is 17.6 Å². The summed E-state index contributed by atoms with van der Waals surface area (Å²) in [4.78, 5) is 23.4. The molecule has 0 aliphatic heterocycles. The van der Waals surface area contributed by atoms with Crippen molar-refractivity contribution in [1.82, 2.24) is 9.78 Å². The number of rotatable bonds is 4. The molecule has 0 saturated heterocycles. The van der Waals surface area contributed by atoms with Crippen molar-refractivity contribution < 1.29 is 14.3 Å². The highest BCUT2D eigenvalue weighted by atomic mass is 16.5. The fourth-order valence-electron chi connectivity index (χ4n) is 2.01. The second-order valence-corrected chi connectivity index (χ2v) is 4.71. The Balaban J connectivity index is 2.06. The molecule has 0 atom stereocenters. The molecule has 2 rings (SSSR count). The largest absolute Gasteiger partial charge is 0.465 e. The van der Waals surface area contributed by atoms with Crippen molar-refractivity contribution in [3.05, 3.63) is 47.3 Å². The van der Waals surface area contributed by atoms with Gasteiger partial charge in [0.25, 0.3) is 0 Å². The Hall–Kier alpha value is -2.63. The number of ether oxygens (including phenoxy) is 1. The molecule has 0 aliphatic rings. The standard InChI is InChI=1S/C15H17N3O3/c1-10-7-11(2)18(17-10)9-14(19)16-13-6-4-5-12(8-13)15(20)21-3/h4-8H,9H2,1-3H3,(H,16,19). The van der Waals surface area contributed by atoms with E-state index in [0.29, 0.717) is 11.3 Å². The van der Waals surface area contributed by atoms with Gasteiger partial charge in [-0.25, -0.2) is 4.79 Å². The highest BCUT2D eigenvalue weighted by molar-refractivity contribution is 5.94. The second-order valence-electron chi connectivity index (χ2n) is 4.71. The van der Waals surface area contributed by atoms with Crippen LogP contribution in [-0.2, 0) is 16.1 Å². The van der Waals surface area contributed by atoms with E-state index in [0.717, 1.165) is 11.4 Å². The summed E-state index contributed by atoms with van der Waals surface area (Å²) >= 11 is 0. The van der Waals surface area contributed by atoms with Crippen molar-refractivity contribution in [3.63, 3.8) is 0 Å². The molecule has 0 bridgehead atoms. The van der Waals surface area contributed by atoms with Crippen molar-refractivity contribution in [2.24, 2.45) is 0 Å². The van der Waals surface area contributed by atoms with Gasteiger partial charge in [0.2, 0.25) is 5.91 Å². The quantitative estimate of drug-likeness (QED) is 0.872. The molecule has 6 nitrogen and oxygen atoms in total. The second kappa shape index (κ2) is 6.21. The van der Waals surface area contributed by atoms with E-state index < -0.39 is 5.97 Å². The SMILES string of the molecule is COC(=O)c1cccc(NC(=O)Cn2nc(C)cc2C)c1. The third-order valence-electron chi connectivity index (χ3n) is 2.96. The molecular weight excluding hydrogens is 270 g/mol. The molecule has 0 unspecified atom stereocenters. The maximum absolute atomic E-state index is 12.0. The van der Waals surface area contributed by atoms with Gasteiger partial charge in [0, 0.05) is 11.4 Å². The molecule has 6 heteroatoms. The van der Waals surface area contributed by atoms with Gasteiger partial charge in [-0.05, 0) is 38.1 Å². The summed E-state index contributed by atoms with van der Waals surface area (Å²) in [7, 11) is 1.32. The number of nitrogens with zero attached hydrogens (tertiary/aromatic N) is 2. The van der Waals surface area contributed by atoms with Gasteiger partial charge in [-0.2, -0.15) is 5.10 Å². The Bertz CT molecular complexity index is 677. The van der Waals surface area contributed by atoms with Crippen molar-refractivity contribution in [1.29, 1.82) is 0 Å². The van der Waals surface area contributed by atoms with Crippen LogP contribution in [0.3, 0.4) is 0 Å². The fourth-order valence-corrected chi connectivity index (χ4v) is 2.01. The first-order valence-electron chi connectivity index (χ1n) is 6.49. The lowest BCUT2D eigenvalue weighted by atomic mass is 10.2. The van der Waals surface area contributed by atoms with Gasteiger partial charge in [-0.15, -0.1) is 0 Å². The fraction of sp³-hybridized carbons (Fsp3) is 0.267. The lowest BCUT2D eigenvalue weighted by molar-refractivity contribution is -0.116. The summed E-state index contributed by atoms with van der Waals surface area (Å²) in [5.74, 6) is -0.645. The van der Waals surface area contributed by atoms with E-state index in [1.807, 2.05) is 19.9 Å². The highest BCUT2D eigenvalue weighted by Gasteiger charge is 2.10. The molecule has 21 heavy (non-hydrogen) atoms. The number of carbonyl (C=O) groups is 2. The van der Waals surface area contributed by atoms with E-state index in [2.05, 4.69) is 15.2 Å². The van der Waals surface area contributed by atoms with Crippen LogP contribution in [0.2, 0.25) is 0 Å². The number of nitrogens with one attached hydrogen (secondary N) is 1. The highest BCUT2D eigenvalue weighted by Crippen LogP contribution is 2.12. The maximum Gasteiger partial charge on any atom is 0.337 e. The van der Waals surface area contributed by atoms with Crippen LogP contribution in [0.25, 0.3) is 0 Å². The molecule has 1 amide bonds. The zero-order chi connectivity index (χ0) is 15.4. The van der Waals surface area contributed by atoms with E-state index in [4.69, 9.17) is 0 Å². The van der Waals surface area contributed by atoms with Gasteiger partial charge in [0.15, 0.2) is 0 Å². The summed E-state index contributed by atoms with van der Waals surface area (Å²) in [5.41, 5.74) is 2.73. The molecule has 1 aromatic heterocycles. The van der Waals surface area contributed by atoms with Crippen LogP contribution >= 0.6 is 0 Å². The maximum atomic E-state index is 12.0. The normalized spacial score (nSPS) is 10.2. The van der Waals surface area contributed by atoms with Crippen LogP contribution in [0.15, 0.2) is 30.3 Å². The first-order valence-corrected chi connectivity index (χ1v) is 6.49. The molecule has 0 fully saturated rings. The van der Waals surface area contributed by atoms with Crippen molar-refractivity contribution in [2.45, 2.75) is 20.4 Å². The first kappa shape index (κ1) is 14.8. The molecule has 0 saturated carbocycles. The molecule has 0 aliphatic carbocycles. The number of hydrogen-bond acceptors (Lipinski definition) is 4. The number of hydrogen-bond donors (Lipinski definition) is 1. The number of aryl methyl sites for hydroxylation is 2. The number of anilines is 1. The number of amides is 1. The zero-order valence-electron chi connectivity index (χ0n) is 12.2. The predicted octanol–water partition coefficient (Wildman–Crippen LogP) is 1.93. The topological polar surface area (TPSA) is 73.2 Å². The third-order valence-corrected chi connectivity index (χ3v) is 2.96. The summed E-state index contributed by atoms with van der Waals surface area (Å²) < 4.78 is 6.28. The molecule has 0 spiro atoms. The predicted molar refractivity (Wildman–Crippen MR) is 78.1 cm³/mol. The summed E-state index contributed by atoms with van der Waals surface area (Å²) in [5, 5.41) is 6.97. The van der Waals surface area contributed by atoms with Crippen LogP contribution in [0.4, 0.5) is 5.69 Å². The minimum Gasteiger partial charge on any atom is -0.465 e. The Labute approximate surface area is 122 Å². The minimum absolute atomic E-state index is 0.127.